The highest BCUT2D eigenvalue weighted by atomic mass is 19.1. The van der Waals surface area contributed by atoms with Gasteiger partial charge in [0.05, 0.1) is 11.1 Å². The summed E-state index contributed by atoms with van der Waals surface area (Å²) in [5.41, 5.74) is 3.73. The Hall–Kier alpha value is -4.41. The van der Waals surface area contributed by atoms with E-state index < -0.39 is 17.2 Å². The SMILES string of the molecule is CN1CCCC1CCNC(=O)c1cn2c3c(c(NCCC4CCCN4C)c(F)cc3c1=O)Oc1cc3c(cc1-2)-c1ccccc1CO3. The number of likely N-dealkylation sites (tertiary alicyclic amines) is 2. The van der Waals surface area contributed by atoms with Gasteiger partial charge in [0.2, 0.25) is 5.43 Å². The number of carbonyl (C=O) groups is 1. The van der Waals surface area contributed by atoms with Gasteiger partial charge in [0.25, 0.3) is 5.91 Å². The lowest BCUT2D eigenvalue weighted by molar-refractivity contribution is 0.0949. The van der Waals surface area contributed by atoms with Gasteiger partial charge in [-0.15, -0.1) is 0 Å². The van der Waals surface area contributed by atoms with Crippen molar-refractivity contribution in [3.8, 4) is 34.1 Å². The van der Waals surface area contributed by atoms with Crippen LogP contribution in [0.4, 0.5) is 10.1 Å². The molecule has 5 heterocycles. The maximum Gasteiger partial charge on any atom is 0.256 e. The number of aromatic nitrogens is 1. The second-order valence-electron chi connectivity index (χ2n) is 13.4. The van der Waals surface area contributed by atoms with Gasteiger partial charge in [-0.2, -0.15) is 0 Å². The molecular weight excluding hydrogens is 597 g/mol. The molecule has 2 atom stereocenters. The van der Waals surface area contributed by atoms with Gasteiger partial charge in [-0.25, -0.2) is 4.39 Å². The molecule has 4 aliphatic rings. The molecular formula is C37H40FN5O4. The molecule has 10 heteroatoms. The molecule has 2 N–H and O–H groups in total. The third kappa shape index (κ3) is 5.23. The van der Waals surface area contributed by atoms with E-state index in [9.17, 15) is 9.59 Å². The molecule has 8 rings (SSSR count). The predicted octanol–water partition coefficient (Wildman–Crippen LogP) is 5.91. The van der Waals surface area contributed by atoms with Crippen LogP contribution in [-0.4, -0.2) is 72.6 Å². The molecule has 0 bridgehead atoms. The Morgan fingerprint density at radius 1 is 0.957 bits per heavy atom. The standard InChI is InChI=1S/C37H40FN5O4/c1-41-15-5-8-23(41)11-13-39-33-29(38)17-27-34-36(33)47-32-19-31-26(25-10-4-3-7-22(25)21-46-31)18-30(32)43(34)20-28(35(27)44)37(45)40-14-12-24-9-6-16-42(24)2/h3-4,7,10,17-20,23-24,39H,5-6,8-9,11-16,21H2,1-2H3,(H,40,45). The topological polar surface area (TPSA) is 88.1 Å². The predicted molar refractivity (Wildman–Crippen MR) is 181 cm³/mol. The zero-order valence-electron chi connectivity index (χ0n) is 26.9. The third-order valence-electron chi connectivity index (χ3n) is 10.5. The molecule has 2 fully saturated rings. The Bertz CT molecular complexity index is 1960. The molecule has 4 aromatic rings. The Morgan fingerprint density at radius 2 is 1.70 bits per heavy atom. The van der Waals surface area contributed by atoms with Crippen LogP contribution in [0.1, 0.15) is 54.4 Å². The molecule has 0 saturated carbocycles. The molecule has 0 aliphatic carbocycles. The zero-order chi connectivity index (χ0) is 32.2. The maximum absolute atomic E-state index is 16.0. The molecule has 1 aromatic heterocycles. The summed E-state index contributed by atoms with van der Waals surface area (Å²) in [6, 6.07) is 14.0. The van der Waals surface area contributed by atoms with Crippen LogP contribution in [0.3, 0.4) is 0 Å². The third-order valence-corrected chi connectivity index (χ3v) is 10.5. The Balaban J connectivity index is 1.22. The number of ether oxygens (including phenoxy) is 2. The summed E-state index contributed by atoms with van der Waals surface area (Å²) in [6.07, 6.45) is 7.76. The smallest absolute Gasteiger partial charge is 0.256 e. The molecule has 244 valence electrons. The first-order valence-corrected chi connectivity index (χ1v) is 16.8. The largest absolute Gasteiger partial charge is 0.488 e. The van der Waals surface area contributed by atoms with Crippen LogP contribution in [0.25, 0.3) is 27.7 Å². The molecule has 2 saturated heterocycles. The molecule has 0 spiro atoms. The molecule has 3 aromatic carbocycles. The van der Waals surface area contributed by atoms with Gasteiger partial charge in [-0.05, 0) is 89.0 Å². The molecule has 9 nitrogen and oxygen atoms in total. The summed E-state index contributed by atoms with van der Waals surface area (Å²) >= 11 is 0. The van der Waals surface area contributed by atoms with Crippen molar-refractivity contribution in [3.05, 3.63) is 75.8 Å². The monoisotopic (exact) mass is 637 g/mol. The van der Waals surface area contributed by atoms with E-state index >= 15 is 4.39 Å². The van der Waals surface area contributed by atoms with Crippen molar-refractivity contribution in [2.24, 2.45) is 0 Å². The number of amides is 1. The van der Waals surface area contributed by atoms with E-state index in [2.05, 4.69) is 40.6 Å². The highest BCUT2D eigenvalue weighted by Crippen LogP contribution is 2.49. The van der Waals surface area contributed by atoms with Gasteiger partial charge in [0.15, 0.2) is 17.3 Å². The number of nitrogens with zero attached hydrogens (tertiary/aromatic N) is 3. The van der Waals surface area contributed by atoms with Crippen molar-refractivity contribution in [2.45, 2.75) is 57.2 Å². The van der Waals surface area contributed by atoms with Gasteiger partial charge in [-0.1, -0.05) is 24.3 Å². The van der Waals surface area contributed by atoms with E-state index in [-0.39, 0.29) is 22.4 Å². The highest BCUT2D eigenvalue weighted by molar-refractivity contribution is 6.01. The van der Waals surface area contributed by atoms with E-state index in [1.54, 1.807) is 6.20 Å². The van der Waals surface area contributed by atoms with E-state index in [0.717, 1.165) is 68.3 Å². The van der Waals surface area contributed by atoms with Crippen molar-refractivity contribution >= 4 is 22.5 Å². The van der Waals surface area contributed by atoms with Crippen molar-refractivity contribution in [1.82, 2.24) is 19.7 Å². The van der Waals surface area contributed by atoms with Crippen LogP contribution >= 0.6 is 0 Å². The highest BCUT2D eigenvalue weighted by Gasteiger charge is 2.31. The lowest BCUT2D eigenvalue weighted by atomic mass is 9.95. The fourth-order valence-corrected chi connectivity index (χ4v) is 7.87. The second kappa shape index (κ2) is 12.0. The zero-order valence-corrected chi connectivity index (χ0v) is 26.9. The number of carbonyl (C=O) groups excluding carboxylic acids is 1. The van der Waals surface area contributed by atoms with Crippen molar-refractivity contribution in [2.75, 3.05) is 45.6 Å². The number of hydrogen-bond donors (Lipinski definition) is 2. The number of fused-ring (bicyclic) bond motifs is 5. The van der Waals surface area contributed by atoms with Gasteiger partial charge < -0.3 is 34.5 Å². The normalized spacial score (nSPS) is 19.9. The summed E-state index contributed by atoms with van der Waals surface area (Å²) in [5.74, 6) is 0.292. The summed E-state index contributed by atoms with van der Waals surface area (Å²) in [5, 5.41) is 6.36. The number of hydrogen-bond acceptors (Lipinski definition) is 7. The van der Waals surface area contributed by atoms with Crippen LogP contribution in [0.15, 0.2) is 53.5 Å². The summed E-state index contributed by atoms with van der Waals surface area (Å²) in [4.78, 5) is 32.2. The van der Waals surface area contributed by atoms with Crippen molar-refractivity contribution in [3.63, 3.8) is 0 Å². The van der Waals surface area contributed by atoms with E-state index in [1.807, 2.05) is 34.9 Å². The Morgan fingerprint density at radius 3 is 2.45 bits per heavy atom. The lowest BCUT2D eigenvalue weighted by Crippen LogP contribution is -2.34. The van der Waals surface area contributed by atoms with E-state index in [0.29, 0.717) is 54.5 Å². The van der Waals surface area contributed by atoms with Crippen LogP contribution in [0, 0.1) is 5.82 Å². The first kappa shape index (κ1) is 30.0. The van der Waals surface area contributed by atoms with Crippen LogP contribution in [-0.2, 0) is 6.61 Å². The Kier molecular flexibility index (Phi) is 7.64. The number of rotatable bonds is 8. The molecule has 47 heavy (non-hydrogen) atoms. The van der Waals surface area contributed by atoms with Gasteiger partial charge >= 0.3 is 0 Å². The number of pyridine rings is 1. The van der Waals surface area contributed by atoms with Gasteiger partial charge in [0, 0.05) is 43.0 Å². The first-order valence-electron chi connectivity index (χ1n) is 16.8. The quantitative estimate of drug-likeness (QED) is 0.219. The van der Waals surface area contributed by atoms with Crippen molar-refractivity contribution in [1.29, 1.82) is 0 Å². The van der Waals surface area contributed by atoms with Crippen LogP contribution in [0.5, 0.6) is 17.2 Å². The summed E-state index contributed by atoms with van der Waals surface area (Å²) in [7, 11) is 4.23. The van der Waals surface area contributed by atoms with Crippen molar-refractivity contribution < 1.29 is 18.7 Å². The molecule has 2 unspecified atom stereocenters. The minimum Gasteiger partial charge on any atom is -0.488 e. The summed E-state index contributed by atoms with van der Waals surface area (Å²) in [6.45, 7) is 3.55. The number of anilines is 1. The fraction of sp³-hybridized carbons (Fsp3) is 0.405. The second-order valence-corrected chi connectivity index (χ2v) is 13.4. The number of benzene rings is 3. The minimum atomic E-state index is -0.593. The lowest BCUT2D eigenvalue weighted by Gasteiger charge is -2.29. The maximum atomic E-state index is 16.0. The van der Waals surface area contributed by atoms with Crippen LogP contribution < -0.4 is 25.5 Å². The fourth-order valence-electron chi connectivity index (χ4n) is 7.87. The minimum absolute atomic E-state index is 0.0326. The van der Waals surface area contributed by atoms with E-state index in [1.165, 1.54) is 6.07 Å². The molecule has 4 aliphatic heterocycles. The van der Waals surface area contributed by atoms with Gasteiger partial charge in [-0.3, -0.25) is 9.59 Å². The Labute approximate surface area is 273 Å². The summed E-state index contributed by atoms with van der Waals surface area (Å²) < 4.78 is 30.5. The van der Waals surface area contributed by atoms with E-state index in [4.69, 9.17) is 9.47 Å². The first-order chi connectivity index (χ1) is 22.9. The molecule has 0 radical (unpaired) electrons. The van der Waals surface area contributed by atoms with Crippen LogP contribution in [0.2, 0.25) is 0 Å². The average Bonchev–Trinajstić information content (AvgIpc) is 3.68. The number of nitrogens with one attached hydrogen (secondary N) is 2. The molecule has 1 amide bonds. The average molecular weight is 638 g/mol. The van der Waals surface area contributed by atoms with Gasteiger partial charge in [0.1, 0.15) is 29.1 Å². The number of halogens is 1.